The van der Waals surface area contributed by atoms with Crippen LogP contribution < -0.4 is 24.3 Å². The Kier molecular flexibility index (Phi) is 3.45. The average molecular weight is 327 g/mol. The maximum atomic E-state index is 12.2. The third kappa shape index (κ3) is 2.31. The minimum absolute atomic E-state index is 0.0302. The van der Waals surface area contributed by atoms with E-state index in [1.807, 2.05) is 30.3 Å². The molecule has 1 atom stereocenters. The highest BCUT2D eigenvalue weighted by atomic mass is 16.7. The first-order valence-electron chi connectivity index (χ1n) is 7.65. The van der Waals surface area contributed by atoms with Crippen LogP contribution in [0.5, 0.6) is 23.0 Å². The van der Waals surface area contributed by atoms with Gasteiger partial charge in [0.05, 0.1) is 14.2 Å². The van der Waals surface area contributed by atoms with Crippen LogP contribution in [0.3, 0.4) is 0 Å². The van der Waals surface area contributed by atoms with E-state index >= 15 is 0 Å². The number of ether oxygens (including phenoxy) is 4. The van der Waals surface area contributed by atoms with Gasteiger partial charge in [-0.25, -0.2) is 0 Å². The predicted octanol–water partition coefficient (Wildman–Crippen LogP) is 2.91. The molecule has 2 aromatic carbocycles. The van der Waals surface area contributed by atoms with E-state index in [-0.39, 0.29) is 18.6 Å². The van der Waals surface area contributed by atoms with E-state index in [0.717, 1.165) is 16.8 Å². The molecule has 0 saturated heterocycles. The van der Waals surface area contributed by atoms with Crippen LogP contribution in [0.25, 0.3) is 0 Å². The Balaban J connectivity index is 1.82. The molecule has 1 amide bonds. The lowest BCUT2D eigenvalue weighted by atomic mass is 9.84. The molecule has 124 valence electrons. The number of methoxy groups -OCH3 is 2. The van der Waals surface area contributed by atoms with Gasteiger partial charge in [-0.05, 0) is 29.3 Å². The van der Waals surface area contributed by atoms with Gasteiger partial charge in [0.25, 0.3) is 0 Å². The molecule has 2 aliphatic heterocycles. The van der Waals surface area contributed by atoms with Crippen LogP contribution in [0.2, 0.25) is 0 Å². The number of fused-ring (bicyclic) bond motifs is 2. The maximum Gasteiger partial charge on any atom is 0.231 e. The highest BCUT2D eigenvalue weighted by Gasteiger charge is 2.30. The molecule has 0 aromatic heterocycles. The summed E-state index contributed by atoms with van der Waals surface area (Å²) in [5.74, 6) is 2.46. The topological polar surface area (TPSA) is 66.0 Å². The maximum absolute atomic E-state index is 12.2. The quantitative estimate of drug-likeness (QED) is 0.939. The number of hydrogen-bond acceptors (Lipinski definition) is 5. The van der Waals surface area contributed by atoms with Crippen LogP contribution >= 0.6 is 0 Å². The zero-order valence-corrected chi connectivity index (χ0v) is 13.4. The van der Waals surface area contributed by atoms with Crippen LogP contribution in [0.15, 0.2) is 30.3 Å². The first-order chi connectivity index (χ1) is 11.7. The van der Waals surface area contributed by atoms with Crippen LogP contribution in [-0.4, -0.2) is 26.9 Å². The van der Waals surface area contributed by atoms with Gasteiger partial charge >= 0.3 is 0 Å². The summed E-state index contributed by atoms with van der Waals surface area (Å²) in [4.78, 5) is 12.2. The molecular weight excluding hydrogens is 310 g/mol. The molecule has 0 spiro atoms. The molecule has 2 heterocycles. The fourth-order valence-corrected chi connectivity index (χ4v) is 3.22. The van der Waals surface area contributed by atoms with Gasteiger partial charge in [-0.15, -0.1) is 0 Å². The molecule has 6 nitrogen and oxygen atoms in total. The lowest BCUT2D eigenvalue weighted by Gasteiger charge is -2.26. The van der Waals surface area contributed by atoms with Crippen molar-refractivity contribution in [1.82, 2.24) is 0 Å². The Labute approximate surface area is 139 Å². The summed E-state index contributed by atoms with van der Waals surface area (Å²) in [7, 11) is 3.19. The molecule has 0 saturated carbocycles. The molecule has 2 aliphatic rings. The van der Waals surface area contributed by atoms with Gasteiger partial charge < -0.3 is 24.3 Å². The van der Waals surface area contributed by atoms with Crippen molar-refractivity contribution in [2.24, 2.45) is 0 Å². The SMILES string of the molecule is COc1ccc2c(c1)NC(=O)C[C@@H]2c1cc(OC)c2c(c1)OCO2. The largest absolute Gasteiger partial charge is 0.497 e. The smallest absolute Gasteiger partial charge is 0.231 e. The van der Waals surface area contributed by atoms with Crippen molar-refractivity contribution in [2.45, 2.75) is 12.3 Å². The molecular formula is C18H17NO5. The Morgan fingerprint density at radius 3 is 2.79 bits per heavy atom. The summed E-state index contributed by atoms with van der Waals surface area (Å²) in [5.41, 5.74) is 2.76. The highest BCUT2D eigenvalue weighted by Crippen LogP contribution is 2.46. The summed E-state index contributed by atoms with van der Waals surface area (Å²) in [6.07, 6.45) is 0.363. The number of benzene rings is 2. The Morgan fingerprint density at radius 2 is 2.00 bits per heavy atom. The summed E-state index contributed by atoms with van der Waals surface area (Å²) in [6, 6.07) is 9.54. The number of carbonyl (C=O) groups is 1. The van der Waals surface area contributed by atoms with Crippen LogP contribution in [0.4, 0.5) is 5.69 Å². The number of amides is 1. The molecule has 0 bridgehead atoms. The third-order valence-electron chi connectivity index (χ3n) is 4.38. The molecule has 0 aliphatic carbocycles. The lowest BCUT2D eigenvalue weighted by molar-refractivity contribution is -0.116. The fourth-order valence-electron chi connectivity index (χ4n) is 3.22. The van der Waals surface area contributed by atoms with E-state index in [9.17, 15) is 4.79 Å². The number of hydrogen-bond donors (Lipinski definition) is 1. The molecule has 4 rings (SSSR count). The van der Waals surface area contributed by atoms with Gasteiger partial charge in [0.1, 0.15) is 5.75 Å². The molecule has 6 heteroatoms. The molecule has 0 unspecified atom stereocenters. The van der Waals surface area contributed by atoms with E-state index in [1.54, 1.807) is 14.2 Å². The van der Waals surface area contributed by atoms with Crippen molar-refractivity contribution in [3.05, 3.63) is 41.5 Å². The minimum Gasteiger partial charge on any atom is -0.497 e. The Hall–Kier alpha value is -2.89. The monoisotopic (exact) mass is 327 g/mol. The van der Waals surface area contributed by atoms with Gasteiger partial charge in [-0.2, -0.15) is 0 Å². The van der Waals surface area contributed by atoms with E-state index < -0.39 is 0 Å². The Bertz CT molecular complexity index is 817. The molecule has 0 radical (unpaired) electrons. The summed E-state index contributed by atoms with van der Waals surface area (Å²) < 4.78 is 21.6. The van der Waals surface area contributed by atoms with Gasteiger partial charge in [-0.1, -0.05) is 6.07 Å². The summed E-state index contributed by atoms with van der Waals surface area (Å²) in [5, 5.41) is 2.91. The highest BCUT2D eigenvalue weighted by molar-refractivity contribution is 5.95. The van der Waals surface area contributed by atoms with Crippen molar-refractivity contribution in [1.29, 1.82) is 0 Å². The van der Waals surface area contributed by atoms with Crippen LogP contribution in [0, 0.1) is 0 Å². The standard InChI is InChI=1S/C18H17NO5/c1-21-11-3-4-12-13(8-17(20)19-14(12)7-11)10-5-15(22-2)18-16(6-10)23-9-24-18/h3-7,13H,8-9H2,1-2H3,(H,19,20)/t13-/m1/s1. The zero-order valence-electron chi connectivity index (χ0n) is 13.4. The number of rotatable bonds is 3. The van der Waals surface area contributed by atoms with Gasteiger partial charge in [0.15, 0.2) is 11.5 Å². The van der Waals surface area contributed by atoms with Crippen molar-refractivity contribution >= 4 is 11.6 Å². The second-order valence-electron chi connectivity index (χ2n) is 5.72. The van der Waals surface area contributed by atoms with E-state index in [2.05, 4.69) is 5.32 Å². The summed E-state index contributed by atoms with van der Waals surface area (Å²) >= 11 is 0. The van der Waals surface area contributed by atoms with Crippen molar-refractivity contribution < 1.29 is 23.7 Å². The predicted molar refractivity (Wildman–Crippen MR) is 87.2 cm³/mol. The van der Waals surface area contributed by atoms with Crippen molar-refractivity contribution in [2.75, 3.05) is 26.3 Å². The normalized spacial score (nSPS) is 17.9. The van der Waals surface area contributed by atoms with E-state index in [4.69, 9.17) is 18.9 Å². The molecule has 24 heavy (non-hydrogen) atoms. The minimum atomic E-state index is -0.0805. The second-order valence-corrected chi connectivity index (χ2v) is 5.72. The number of anilines is 1. The average Bonchev–Trinajstić information content (AvgIpc) is 3.08. The van der Waals surface area contributed by atoms with Crippen LogP contribution in [-0.2, 0) is 4.79 Å². The van der Waals surface area contributed by atoms with Gasteiger partial charge in [0.2, 0.25) is 18.4 Å². The Morgan fingerprint density at radius 1 is 1.12 bits per heavy atom. The number of carbonyl (C=O) groups excluding carboxylic acids is 1. The first kappa shape index (κ1) is 14.7. The van der Waals surface area contributed by atoms with Crippen molar-refractivity contribution in [3.63, 3.8) is 0 Å². The second kappa shape index (κ2) is 5.63. The van der Waals surface area contributed by atoms with E-state index in [0.29, 0.717) is 29.4 Å². The molecule has 1 N–H and O–H groups in total. The molecule has 2 aromatic rings. The summed E-state index contributed by atoms with van der Waals surface area (Å²) in [6.45, 7) is 0.175. The number of nitrogens with one attached hydrogen (secondary N) is 1. The van der Waals surface area contributed by atoms with Gasteiger partial charge in [-0.3, -0.25) is 4.79 Å². The molecule has 0 fully saturated rings. The lowest BCUT2D eigenvalue weighted by Crippen LogP contribution is -2.23. The van der Waals surface area contributed by atoms with Gasteiger partial charge in [0, 0.05) is 24.1 Å². The van der Waals surface area contributed by atoms with Crippen molar-refractivity contribution in [3.8, 4) is 23.0 Å². The third-order valence-corrected chi connectivity index (χ3v) is 4.38. The van der Waals surface area contributed by atoms with E-state index in [1.165, 1.54) is 0 Å². The zero-order chi connectivity index (χ0) is 16.7. The first-order valence-corrected chi connectivity index (χ1v) is 7.65. The fraction of sp³-hybridized carbons (Fsp3) is 0.278. The van der Waals surface area contributed by atoms with Crippen LogP contribution in [0.1, 0.15) is 23.5 Å².